The van der Waals surface area contributed by atoms with Gasteiger partial charge in [-0.3, -0.25) is 19.6 Å². The Hall–Kier alpha value is -2.19. The molecule has 0 spiro atoms. The summed E-state index contributed by atoms with van der Waals surface area (Å²) < 4.78 is 0. The van der Waals surface area contributed by atoms with Gasteiger partial charge in [0.2, 0.25) is 11.8 Å². The average molecular weight is 387 g/mol. The van der Waals surface area contributed by atoms with E-state index in [1.54, 1.807) is 35.5 Å². The van der Waals surface area contributed by atoms with Crippen LogP contribution in [-0.2, 0) is 9.59 Å². The predicted molar refractivity (Wildman–Crippen MR) is 103 cm³/mol. The van der Waals surface area contributed by atoms with Gasteiger partial charge < -0.3 is 10.6 Å². The molecule has 0 bridgehead atoms. The fourth-order valence-electron chi connectivity index (χ4n) is 3.16. The zero-order chi connectivity index (χ0) is 17.9. The first kappa shape index (κ1) is 17.2. The molecule has 2 amide bonds. The number of carbonyl (C=O) groups is 2. The van der Waals surface area contributed by atoms with Crippen LogP contribution in [0, 0.1) is 0 Å². The molecule has 1 fully saturated rings. The Labute approximate surface area is 159 Å². The second-order valence-corrected chi connectivity index (χ2v) is 8.05. The lowest BCUT2D eigenvalue weighted by Crippen LogP contribution is -2.52. The van der Waals surface area contributed by atoms with E-state index in [-0.39, 0.29) is 23.9 Å². The van der Waals surface area contributed by atoms with E-state index in [0.717, 1.165) is 16.2 Å². The van der Waals surface area contributed by atoms with Crippen molar-refractivity contribution >= 4 is 40.0 Å². The summed E-state index contributed by atoms with van der Waals surface area (Å²) >= 11 is 3.16. The van der Waals surface area contributed by atoms with E-state index in [1.165, 1.54) is 0 Å². The number of thiophene rings is 1. The molecule has 0 aliphatic carbocycles. The minimum absolute atomic E-state index is 0.0278. The van der Waals surface area contributed by atoms with Crippen LogP contribution < -0.4 is 10.6 Å². The van der Waals surface area contributed by atoms with Crippen LogP contribution in [0.25, 0.3) is 0 Å². The van der Waals surface area contributed by atoms with Gasteiger partial charge in [0.15, 0.2) is 0 Å². The van der Waals surface area contributed by atoms with Crippen LogP contribution in [0.4, 0.5) is 0 Å². The highest BCUT2D eigenvalue weighted by molar-refractivity contribution is 8.14. The lowest BCUT2D eigenvalue weighted by atomic mass is 9.93. The van der Waals surface area contributed by atoms with Crippen molar-refractivity contribution in [3.8, 4) is 0 Å². The molecule has 4 heterocycles. The third kappa shape index (κ3) is 3.66. The summed E-state index contributed by atoms with van der Waals surface area (Å²) in [5, 5.41) is 11.0. The highest BCUT2D eigenvalue weighted by Crippen LogP contribution is 2.27. The molecule has 8 heteroatoms. The average Bonchev–Trinajstić information content (AvgIpc) is 3.36. The number of hydrogen-bond acceptors (Lipinski definition) is 6. The smallest absolute Gasteiger partial charge is 0.246 e. The Morgan fingerprint density at radius 1 is 1.35 bits per heavy atom. The molecule has 1 unspecified atom stereocenters. The predicted octanol–water partition coefficient (Wildman–Crippen LogP) is 2.14. The largest absolute Gasteiger partial charge is 0.349 e. The van der Waals surface area contributed by atoms with Crippen molar-refractivity contribution in [3.05, 3.63) is 52.5 Å². The summed E-state index contributed by atoms with van der Waals surface area (Å²) in [4.78, 5) is 33.2. The van der Waals surface area contributed by atoms with Crippen LogP contribution in [0.15, 0.2) is 46.3 Å². The Morgan fingerprint density at radius 3 is 3.04 bits per heavy atom. The molecule has 2 aromatic rings. The van der Waals surface area contributed by atoms with Crippen molar-refractivity contribution < 1.29 is 9.59 Å². The summed E-state index contributed by atoms with van der Waals surface area (Å²) in [6.07, 6.45) is 4.54. The van der Waals surface area contributed by atoms with E-state index in [9.17, 15) is 9.59 Å². The number of aliphatic imine (C=N–C) groups is 1. The van der Waals surface area contributed by atoms with E-state index in [2.05, 4.69) is 20.6 Å². The van der Waals surface area contributed by atoms with E-state index in [0.29, 0.717) is 18.6 Å². The molecule has 134 valence electrons. The zero-order valence-electron chi connectivity index (χ0n) is 13.9. The number of piperidine rings is 1. The molecule has 0 radical (unpaired) electrons. The van der Waals surface area contributed by atoms with Gasteiger partial charge in [0, 0.05) is 30.1 Å². The van der Waals surface area contributed by atoms with Gasteiger partial charge in [-0.05, 0) is 40.9 Å². The number of nitrogens with zero attached hydrogens (tertiary/aromatic N) is 2. The molecule has 0 aromatic carbocycles. The molecule has 2 N–H and O–H groups in total. The van der Waals surface area contributed by atoms with Gasteiger partial charge in [0.1, 0.15) is 11.1 Å². The number of thioether (sulfide) groups is 1. The number of nitrogens with one attached hydrogen (secondary N) is 2. The van der Waals surface area contributed by atoms with Gasteiger partial charge in [-0.1, -0.05) is 0 Å². The van der Waals surface area contributed by atoms with Crippen molar-refractivity contribution in [1.82, 2.24) is 15.6 Å². The highest BCUT2D eigenvalue weighted by atomic mass is 32.2. The van der Waals surface area contributed by atoms with E-state index in [4.69, 9.17) is 0 Å². The third-order valence-electron chi connectivity index (χ3n) is 4.49. The molecule has 6 nitrogen and oxygen atoms in total. The molecule has 4 rings (SSSR count). The Morgan fingerprint density at radius 2 is 2.27 bits per heavy atom. The standard InChI is InChI=1S/C18H18N4O2S2/c23-15-4-3-13(16(22-15)12-5-7-25-9-12)20-17(24)14-10-26-18(21-14)11-2-1-6-19-8-11/h1-2,5-9,13-14,16H,3-4,10H2,(H,20,24)(H,22,23)/t13-,14?,16+/m1/s1. The fourth-order valence-corrected chi connectivity index (χ4v) is 4.88. The summed E-state index contributed by atoms with van der Waals surface area (Å²) in [6, 6.07) is 5.10. The highest BCUT2D eigenvalue weighted by Gasteiger charge is 2.34. The number of amides is 2. The fraction of sp³-hybridized carbons (Fsp3) is 0.333. The van der Waals surface area contributed by atoms with Crippen LogP contribution in [0.1, 0.15) is 30.0 Å². The lowest BCUT2D eigenvalue weighted by Gasteiger charge is -2.33. The van der Waals surface area contributed by atoms with Gasteiger partial charge in [-0.15, -0.1) is 11.8 Å². The van der Waals surface area contributed by atoms with E-state index >= 15 is 0 Å². The maximum atomic E-state index is 12.7. The number of rotatable bonds is 4. The molecule has 0 saturated carbocycles. The second kappa shape index (κ2) is 7.59. The second-order valence-electron chi connectivity index (χ2n) is 6.26. The molecule has 3 atom stereocenters. The lowest BCUT2D eigenvalue weighted by molar-refractivity contribution is -0.127. The van der Waals surface area contributed by atoms with Crippen LogP contribution in [-0.4, -0.2) is 39.7 Å². The molecule has 26 heavy (non-hydrogen) atoms. The maximum Gasteiger partial charge on any atom is 0.246 e. The molecular weight excluding hydrogens is 368 g/mol. The summed E-state index contributed by atoms with van der Waals surface area (Å²) in [5.41, 5.74) is 1.97. The van der Waals surface area contributed by atoms with E-state index < -0.39 is 6.04 Å². The van der Waals surface area contributed by atoms with Crippen molar-refractivity contribution in [2.24, 2.45) is 4.99 Å². The molecule has 2 aliphatic rings. The van der Waals surface area contributed by atoms with Gasteiger partial charge in [0.25, 0.3) is 0 Å². The Bertz CT molecular complexity index is 823. The van der Waals surface area contributed by atoms with Crippen LogP contribution in [0.2, 0.25) is 0 Å². The SMILES string of the molecule is O=C1CC[C@@H](NC(=O)C2CSC(c3cccnc3)=N2)[C@H](c2ccsc2)N1. The summed E-state index contributed by atoms with van der Waals surface area (Å²) in [5.74, 6) is 0.566. The normalized spacial score (nSPS) is 25.5. The van der Waals surface area contributed by atoms with Crippen LogP contribution in [0.3, 0.4) is 0 Å². The van der Waals surface area contributed by atoms with Crippen LogP contribution >= 0.6 is 23.1 Å². The number of pyridine rings is 1. The van der Waals surface area contributed by atoms with Gasteiger partial charge >= 0.3 is 0 Å². The molecular formula is C18H18N4O2S2. The summed E-state index contributed by atoms with van der Waals surface area (Å²) in [6.45, 7) is 0. The van der Waals surface area contributed by atoms with Crippen LogP contribution in [0.5, 0.6) is 0 Å². The Kier molecular flexibility index (Phi) is 5.03. The van der Waals surface area contributed by atoms with Crippen molar-refractivity contribution in [3.63, 3.8) is 0 Å². The number of hydrogen-bond donors (Lipinski definition) is 2. The van der Waals surface area contributed by atoms with Crippen molar-refractivity contribution in [2.75, 3.05) is 5.75 Å². The summed E-state index contributed by atoms with van der Waals surface area (Å²) in [7, 11) is 0. The molecule has 2 aliphatic heterocycles. The van der Waals surface area contributed by atoms with Crippen molar-refractivity contribution in [1.29, 1.82) is 0 Å². The first-order valence-electron chi connectivity index (χ1n) is 8.43. The van der Waals surface area contributed by atoms with Gasteiger partial charge in [-0.2, -0.15) is 11.3 Å². The van der Waals surface area contributed by atoms with Gasteiger partial charge in [0.05, 0.1) is 12.1 Å². The minimum atomic E-state index is -0.407. The van der Waals surface area contributed by atoms with E-state index in [1.807, 2.05) is 29.0 Å². The Balaban J connectivity index is 1.45. The quantitative estimate of drug-likeness (QED) is 0.843. The first-order chi connectivity index (χ1) is 12.7. The van der Waals surface area contributed by atoms with Gasteiger partial charge in [-0.25, -0.2) is 0 Å². The number of aromatic nitrogens is 1. The number of carbonyl (C=O) groups excluding carboxylic acids is 2. The minimum Gasteiger partial charge on any atom is -0.349 e. The maximum absolute atomic E-state index is 12.7. The molecule has 2 aromatic heterocycles. The third-order valence-corrected chi connectivity index (χ3v) is 6.29. The van der Waals surface area contributed by atoms with Crippen molar-refractivity contribution in [2.45, 2.75) is 31.0 Å². The topological polar surface area (TPSA) is 83.5 Å². The first-order valence-corrected chi connectivity index (χ1v) is 10.4. The monoisotopic (exact) mass is 386 g/mol. The molecule has 1 saturated heterocycles. The zero-order valence-corrected chi connectivity index (χ0v) is 15.6.